The molecule has 0 radical (unpaired) electrons. The van der Waals surface area contributed by atoms with E-state index in [2.05, 4.69) is 14.7 Å². The Balaban J connectivity index is 1.93. The van der Waals surface area contributed by atoms with E-state index < -0.39 is 12.0 Å². The Morgan fingerprint density at radius 1 is 1.24 bits per heavy atom. The molecule has 1 fully saturated rings. The van der Waals surface area contributed by atoms with Crippen molar-refractivity contribution in [1.82, 2.24) is 9.36 Å². The van der Waals surface area contributed by atoms with E-state index in [0.29, 0.717) is 0 Å². The maximum Gasteiger partial charge on any atom is 0.452 e. The van der Waals surface area contributed by atoms with Gasteiger partial charge in [0, 0.05) is 23.6 Å². The van der Waals surface area contributed by atoms with E-state index in [1.165, 1.54) is 0 Å². The van der Waals surface area contributed by atoms with Crippen LogP contribution in [-0.4, -0.2) is 21.4 Å². The lowest BCUT2D eigenvalue weighted by Crippen LogP contribution is -2.32. The molecule has 1 aliphatic carbocycles. The fourth-order valence-corrected chi connectivity index (χ4v) is 2.50. The molecule has 0 amide bonds. The van der Waals surface area contributed by atoms with Crippen molar-refractivity contribution in [1.29, 1.82) is 0 Å². The first-order valence-corrected chi connectivity index (χ1v) is 6.15. The molecule has 96 valence electrons. The van der Waals surface area contributed by atoms with Gasteiger partial charge in [-0.25, -0.2) is 0 Å². The lowest BCUT2D eigenvalue weighted by atomic mass is 9.92. The van der Waals surface area contributed by atoms with Crippen LogP contribution in [-0.2, 0) is 6.18 Å². The van der Waals surface area contributed by atoms with Gasteiger partial charge < -0.3 is 11.1 Å². The minimum absolute atomic E-state index is 0.156. The van der Waals surface area contributed by atoms with Gasteiger partial charge in [0.05, 0.1) is 0 Å². The van der Waals surface area contributed by atoms with Crippen molar-refractivity contribution in [3.8, 4) is 0 Å². The van der Waals surface area contributed by atoms with E-state index in [1.807, 2.05) is 0 Å². The number of aromatic nitrogens is 2. The molecule has 0 aliphatic heterocycles. The molecule has 8 heteroatoms. The van der Waals surface area contributed by atoms with Gasteiger partial charge in [-0.3, -0.25) is 0 Å². The molecule has 2 rings (SSSR count). The summed E-state index contributed by atoms with van der Waals surface area (Å²) < 4.78 is 40.1. The van der Waals surface area contributed by atoms with Crippen LogP contribution in [0.5, 0.6) is 0 Å². The van der Waals surface area contributed by atoms with Gasteiger partial charge in [-0.15, -0.1) is 0 Å². The van der Waals surface area contributed by atoms with Gasteiger partial charge in [0.1, 0.15) is 0 Å². The highest BCUT2D eigenvalue weighted by atomic mass is 32.1. The molecular formula is C9H13F3N4S. The minimum atomic E-state index is -4.47. The zero-order chi connectivity index (χ0) is 12.5. The van der Waals surface area contributed by atoms with Crippen LogP contribution in [0.3, 0.4) is 0 Å². The molecule has 0 unspecified atom stereocenters. The number of nitrogens with two attached hydrogens (primary N) is 1. The average Bonchev–Trinajstić information content (AvgIpc) is 2.69. The molecule has 3 N–H and O–H groups in total. The summed E-state index contributed by atoms with van der Waals surface area (Å²) in [4.78, 5) is 3.43. The molecule has 0 bridgehead atoms. The van der Waals surface area contributed by atoms with Gasteiger partial charge in [-0.1, -0.05) is 0 Å². The molecule has 0 atom stereocenters. The highest BCUT2D eigenvalue weighted by Crippen LogP contribution is 2.30. The maximum atomic E-state index is 12.3. The zero-order valence-corrected chi connectivity index (χ0v) is 9.81. The lowest BCUT2D eigenvalue weighted by Gasteiger charge is -2.26. The largest absolute Gasteiger partial charge is 0.452 e. The summed E-state index contributed by atoms with van der Waals surface area (Å²) in [6.45, 7) is 0. The second kappa shape index (κ2) is 4.77. The standard InChI is InChI=1S/C9H13F3N4S/c10-9(11,12)7-15-8(17-16-7)14-6-3-1-5(13)2-4-6/h5-6H,1-4,13H2,(H,14,15,16). The van der Waals surface area contributed by atoms with Crippen molar-refractivity contribution in [3.05, 3.63) is 5.82 Å². The van der Waals surface area contributed by atoms with Gasteiger partial charge in [0.25, 0.3) is 0 Å². The molecule has 17 heavy (non-hydrogen) atoms. The topological polar surface area (TPSA) is 63.8 Å². The van der Waals surface area contributed by atoms with Crippen LogP contribution < -0.4 is 11.1 Å². The fraction of sp³-hybridized carbons (Fsp3) is 0.778. The average molecular weight is 266 g/mol. The number of halogens is 3. The third-order valence-electron chi connectivity index (χ3n) is 2.78. The van der Waals surface area contributed by atoms with E-state index >= 15 is 0 Å². The number of nitrogens with zero attached hydrogens (tertiary/aromatic N) is 2. The van der Waals surface area contributed by atoms with E-state index in [9.17, 15) is 13.2 Å². The number of hydrogen-bond acceptors (Lipinski definition) is 5. The molecule has 0 spiro atoms. The van der Waals surface area contributed by atoms with Crippen molar-refractivity contribution >= 4 is 16.7 Å². The van der Waals surface area contributed by atoms with Crippen molar-refractivity contribution in [2.75, 3.05) is 5.32 Å². The van der Waals surface area contributed by atoms with Crippen LogP contribution in [0.15, 0.2) is 0 Å². The normalized spacial score (nSPS) is 25.9. The zero-order valence-electron chi connectivity index (χ0n) is 9.00. The van der Waals surface area contributed by atoms with E-state index in [-0.39, 0.29) is 17.2 Å². The predicted octanol–water partition coefficient (Wildman–Crippen LogP) is 2.24. The SMILES string of the molecule is NC1CCC(Nc2nc(C(F)(F)F)ns2)CC1. The number of nitrogens with one attached hydrogen (secondary N) is 1. The molecule has 1 aromatic rings. The number of anilines is 1. The van der Waals surface area contributed by atoms with E-state index in [0.717, 1.165) is 37.2 Å². The van der Waals surface area contributed by atoms with Crippen LogP contribution in [0.4, 0.5) is 18.3 Å². The molecule has 4 nitrogen and oxygen atoms in total. The van der Waals surface area contributed by atoms with Gasteiger partial charge in [-0.2, -0.15) is 22.5 Å². The summed E-state index contributed by atoms with van der Waals surface area (Å²) in [5, 5.41) is 3.22. The second-order valence-corrected chi connectivity index (χ2v) is 4.93. The van der Waals surface area contributed by atoms with Crippen LogP contribution in [0, 0.1) is 0 Å². The highest BCUT2D eigenvalue weighted by molar-refractivity contribution is 7.09. The molecule has 1 aromatic heterocycles. The fourth-order valence-electron chi connectivity index (χ4n) is 1.84. The van der Waals surface area contributed by atoms with E-state index in [1.54, 1.807) is 0 Å². The van der Waals surface area contributed by atoms with E-state index in [4.69, 9.17) is 5.73 Å². The van der Waals surface area contributed by atoms with Crippen molar-refractivity contribution in [2.24, 2.45) is 5.73 Å². The van der Waals surface area contributed by atoms with Crippen molar-refractivity contribution in [2.45, 2.75) is 43.9 Å². The first kappa shape index (κ1) is 12.6. The van der Waals surface area contributed by atoms with Crippen molar-refractivity contribution in [3.63, 3.8) is 0 Å². The quantitative estimate of drug-likeness (QED) is 0.861. The Kier molecular flexibility index (Phi) is 3.53. The number of rotatable bonds is 2. The molecule has 1 aliphatic rings. The Hall–Kier alpha value is -0.890. The Morgan fingerprint density at radius 3 is 2.41 bits per heavy atom. The highest BCUT2D eigenvalue weighted by Gasteiger charge is 2.36. The molecular weight excluding hydrogens is 253 g/mol. The number of hydrogen-bond donors (Lipinski definition) is 2. The predicted molar refractivity (Wildman–Crippen MR) is 58.8 cm³/mol. The Labute approximate surface area is 101 Å². The van der Waals surface area contributed by atoms with Crippen LogP contribution >= 0.6 is 11.5 Å². The minimum Gasteiger partial charge on any atom is -0.358 e. The summed E-state index contributed by atoms with van der Waals surface area (Å²) in [5.74, 6) is -1.07. The number of alkyl halides is 3. The Bertz CT molecular complexity index is 371. The van der Waals surface area contributed by atoms with Crippen LogP contribution in [0.1, 0.15) is 31.5 Å². The Morgan fingerprint density at radius 2 is 1.88 bits per heavy atom. The molecule has 1 heterocycles. The molecule has 1 saturated carbocycles. The van der Waals surface area contributed by atoms with Crippen molar-refractivity contribution < 1.29 is 13.2 Å². The first-order chi connectivity index (χ1) is 7.95. The summed E-state index contributed by atoms with van der Waals surface area (Å²) in [6.07, 6.45) is -0.958. The summed E-state index contributed by atoms with van der Waals surface area (Å²) >= 11 is 0.747. The van der Waals surface area contributed by atoms with Crippen LogP contribution in [0.25, 0.3) is 0 Å². The summed E-state index contributed by atoms with van der Waals surface area (Å²) in [6, 6.07) is 0.372. The third-order valence-corrected chi connectivity index (χ3v) is 3.43. The molecule has 0 saturated heterocycles. The third kappa shape index (κ3) is 3.29. The van der Waals surface area contributed by atoms with Gasteiger partial charge in [-0.05, 0) is 25.7 Å². The summed E-state index contributed by atoms with van der Waals surface area (Å²) in [5.41, 5.74) is 5.75. The monoisotopic (exact) mass is 266 g/mol. The maximum absolute atomic E-state index is 12.3. The van der Waals surface area contributed by atoms with Gasteiger partial charge >= 0.3 is 6.18 Å². The first-order valence-electron chi connectivity index (χ1n) is 5.38. The molecule has 0 aromatic carbocycles. The van der Waals surface area contributed by atoms with Gasteiger partial charge in [0.15, 0.2) is 0 Å². The van der Waals surface area contributed by atoms with Crippen LogP contribution in [0.2, 0.25) is 0 Å². The lowest BCUT2D eigenvalue weighted by molar-refractivity contribution is -0.144. The second-order valence-electron chi connectivity index (χ2n) is 4.18. The summed E-state index contributed by atoms with van der Waals surface area (Å²) in [7, 11) is 0. The smallest absolute Gasteiger partial charge is 0.358 e. The van der Waals surface area contributed by atoms with Gasteiger partial charge in [0.2, 0.25) is 11.0 Å².